The predicted molar refractivity (Wildman–Crippen MR) is 115 cm³/mol. The average Bonchev–Trinajstić information content (AvgIpc) is 3.27. The fourth-order valence-electron chi connectivity index (χ4n) is 3.53. The molecule has 5 heteroatoms. The summed E-state index contributed by atoms with van der Waals surface area (Å²) in [5.41, 5.74) is 0.336. The van der Waals surface area contributed by atoms with Crippen LogP contribution in [0.4, 0.5) is 0 Å². The first-order chi connectivity index (χ1) is 11.0. The van der Waals surface area contributed by atoms with Crippen LogP contribution < -0.4 is 10.6 Å². The molecule has 1 unspecified atom stereocenters. The molecule has 2 N–H and O–H groups in total. The standard InChI is InChI=1S/C19H38N4.HI/c1-5-6-7-11-19(2,3)15-22-18(20-4)21-13-16-10-12-23(14-16)17-8-9-17;/h16-17H,5-15H2,1-4H3,(H2,20,21,22);1H. The highest BCUT2D eigenvalue weighted by molar-refractivity contribution is 14.0. The molecule has 2 fully saturated rings. The van der Waals surface area contributed by atoms with Crippen molar-refractivity contribution in [2.75, 3.05) is 33.2 Å². The van der Waals surface area contributed by atoms with Crippen molar-refractivity contribution in [2.45, 2.75) is 71.8 Å². The van der Waals surface area contributed by atoms with E-state index in [1.165, 1.54) is 58.0 Å². The Bertz CT molecular complexity index is 380. The van der Waals surface area contributed by atoms with Gasteiger partial charge in [-0.2, -0.15) is 0 Å². The predicted octanol–water partition coefficient (Wildman–Crippen LogP) is 3.86. The highest BCUT2D eigenvalue weighted by Crippen LogP contribution is 2.31. The first kappa shape index (κ1) is 22.0. The van der Waals surface area contributed by atoms with Crippen molar-refractivity contribution in [1.29, 1.82) is 0 Å². The molecule has 1 saturated heterocycles. The molecule has 2 aliphatic rings. The summed E-state index contributed by atoms with van der Waals surface area (Å²) >= 11 is 0. The van der Waals surface area contributed by atoms with E-state index >= 15 is 0 Å². The minimum atomic E-state index is 0. The van der Waals surface area contributed by atoms with E-state index in [1.807, 2.05) is 7.05 Å². The van der Waals surface area contributed by atoms with Gasteiger partial charge in [-0.3, -0.25) is 4.99 Å². The van der Waals surface area contributed by atoms with Crippen molar-refractivity contribution in [2.24, 2.45) is 16.3 Å². The van der Waals surface area contributed by atoms with E-state index in [0.29, 0.717) is 5.41 Å². The van der Waals surface area contributed by atoms with E-state index in [4.69, 9.17) is 0 Å². The molecule has 1 aliphatic heterocycles. The van der Waals surface area contributed by atoms with Gasteiger partial charge in [0.2, 0.25) is 0 Å². The normalized spacial score (nSPS) is 22.3. The summed E-state index contributed by atoms with van der Waals surface area (Å²) in [7, 11) is 1.88. The molecule has 0 aromatic heterocycles. The van der Waals surface area contributed by atoms with Crippen molar-refractivity contribution in [3.8, 4) is 0 Å². The van der Waals surface area contributed by atoms with Crippen LogP contribution >= 0.6 is 24.0 Å². The zero-order chi connectivity index (χ0) is 16.7. The van der Waals surface area contributed by atoms with Crippen LogP contribution in [-0.2, 0) is 0 Å². The molecule has 0 bridgehead atoms. The van der Waals surface area contributed by atoms with Crippen LogP contribution in [0, 0.1) is 11.3 Å². The van der Waals surface area contributed by atoms with E-state index in [1.54, 1.807) is 0 Å². The van der Waals surface area contributed by atoms with Gasteiger partial charge >= 0.3 is 0 Å². The molecule has 1 atom stereocenters. The molecule has 4 nitrogen and oxygen atoms in total. The summed E-state index contributed by atoms with van der Waals surface area (Å²) in [5, 5.41) is 7.08. The van der Waals surface area contributed by atoms with Crippen molar-refractivity contribution in [3.63, 3.8) is 0 Å². The monoisotopic (exact) mass is 450 g/mol. The van der Waals surface area contributed by atoms with Gasteiger partial charge < -0.3 is 15.5 Å². The first-order valence-electron chi connectivity index (χ1n) is 9.72. The van der Waals surface area contributed by atoms with E-state index in [-0.39, 0.29) is 24.0 Å². The quantitative estimate of drug-likeness (QED) is 0.243. The molecule has 1 saturated carbocycles. The van der Waals surface area contributed by atoms with Crippen LogP contribution in [0.1, 0.15) is 65.7 Å². The smallest absolute Gasteiger partial charge is 0.191 e. The molecule has 1 heterocycles. The lowest BCUT2D eigenvalue weighted by atomic mass is 9.87. The largest absolute Gasteiger partial charge is 0.356 e. The molecule has 0 radical (unpaired) electrons. The third-order valence-corrected chi connectivity index (χ3v) is 5.35. The van der Waals surface area contributed by atoms with Crippen LogP contribution in [0.25, 0.3) is 0 Å². The number of hydrogen-bond acceptors (Lipinski definition) is 2. The molecule has 0 amide bonds. The molecular formula is C19H39IN4. The maximum Gasteiger partial charge on any atom is 0.191 e. The van der Waals surface area contributed by atoms with E-state index in [2.05, 4.69) is 41.3 Å². The summed E-state index contributed by atoms with van der Waals surface area (Å²) in [4.78, 5) is 7.08. The summed E-state index contributed by atoms with van der Waals surface area (Å²) in [6.45, 7) is 11.6. The highest BCUT2D eigenvalue weighted by atomic mass is 127. The number of halogens is 1. The van der Waals surface area contributed by atoms with Gasteiger partial charge in [-0.15, -0.1) is 24.0 Å². The Hall–Kier alpha value is -0.0400. The Morgan fingerprint density at radius 1 is 1.17 bits per heavy atom. The number of likely N-dealkylation sites (tertiary alicyclic amines) is 1. The third kappa shape index (κ3) is 7.89. The number of guanidine groups is 1. The summed E-state index contributed by atoms with van der Waals surface area (Å²) < 4.78 is 0. The topological polar surface area (TPSA) is 39.7 Å². The molecule has 142 valence electrons. The number of hydrogen-bond donors (Lipinski definition) is 2. The van der Waals surface area contributed by atoms with Gasteiger partial charge in [-0.1, -0.05) is 40.0 Å². The molecule has 0 spiro atoms. The number of rotatable bonds is 9. The summed E-state index contributed by atoms with van der Waals surface area (Å²) in [6.07, 6.45) is 9.44. The van der Waals surface area contributed by atoms with Gasteiger partial charge in [-0.05, 0) is 43.6 Å². The van der Waals surface area contributed by atoms with E-state index in [9.17, 15) is 0 Å². The molecule has 0 aromatic carbocycles. The second-order valence-electron chi connectivity index (χ2n) is 8.31. The third-order valence-electron chi connectivity index (χ3n) is 5.35. The van der Waals surface area contributed by atoms with Crippen LogP contribution in [0.2, 0.25) is 0 Å². The number of unbranched alkanes of at least 4 members (excludes halogenated alkanes) is 2. The fourth-order valence-corrected chi connectivity index (χ4v) is 3.53. The van der Waals surface area contributed by atoms with Crippen LogP contribution in [0.5, 0.6) is 0 Å². The van der Waals surface area contributed by atoms with Crippen molar-refractivity contribution in [3.05, 3.63) is 0 Å². The molecular weight excluding hydrogens is 411 g/mol. The number of nitrogens with one attached hydrogen (secondary N) is 2. The maximum atomic E-state index is 4.40. The van der Waals surface area contributed by atoms with Crippen molar-refractivity contribution in [1.82, 2.24) is 15.5 Å². The van der Waals surface area contributed by atoms with Crippen LogP contribution in [-0.4, -0.2) is 50.1 Å². The highest BCUT2D eigenvalue weighted by Gasteiger charge is 2.34. The van der Waals surface area contributed by atoms with E-state index in [0.717, 1.165) is 31.0 Å². The van der Waals surface area contributed by atoms with Crippen molar-refractivity contribution >= 4 is 29.9 Å². The minimum Gasteiger partial charge on any atom is -0.356 e. The Morgan fingerprint density at radius 3 is 2.54 bits per heavy atom. The second kappa shape index (κ2) is 10.8. The first-order valence-corrected chi connectivity index (χ1v) is 9.72. The minimum absolute atomic E-state index is 0. The van der Waals surface area contributed by atoms with Gasteiger partial charge in [0, 0.05) is 32.7 Å². The number of nitrogens with zero attached hydrogens (tertiary/aromatic N) is 2. The Kier molecular flexibility index (Phi) is 9.94. The summed E-state index contributed by atoms with van der Waals surface area (Å²) in [5.74, 6) is 1.75. The van der Waals surface area contributed by atoms with Crippen LogP contribution in [0.3, 0.4) is 0 Å². The zero-order valence-corrected chi connectivity index (χ0v) is 18.6. The van der Waals surface area contributed by atoms with E-state index < -0.39 is 0 Å². The van der Waals surface area contributed by atoms with Gasteiger partial charge in [-0.25, -0.2) is 0 Å². The summed E-state index contributed by atoms with van der Waals surface area (Å²) in [6, 6.07) is 0.918. The Balaban J connectivity index is 0.00000288. The Morgan fingerprint density at radius 2 is 1.92 bits per heavy atom. The van der Waals surface area contributed by atoms with Gasteiger partial charge in [0.15, 0.2) is 5.96 Å². The molecule has 1 aliphatic carbocycles. The molecule has 24 heavy (non-hydrogen) atoms. The Labute approximate surface area is 166 Å². The van der Waals surface area contributed by atoms with Crippen molar-refractivity contribution < 1.29 is 0 Å². The SMILES string of the molecule is CCCCCC(C)(C)CNC(=NC)NCC1CCN(C2CC2)C1.I. The van der Waals surface area contributed by atoms with Gasteiger partial charge in [0.05, 0.1) is 0 Å². The lowest BCUT2D eigenvalue weighted by molar-refractivity contribution is 0.312. The average molecular weight is 450 g/mol. The fraction of sp³-hybridized carbons (Fsp3) is 0.947. The van der Waals surface area contributed by atoms with Gasteiger partial charge in [0.25, 0.3) is 0 Å². The molecule has 2 rings (SSSR count). The van der Waals surface area contributed by atoms with Gasteiger partial charge in [0.1, 0.15) is 0 Å². The number of aliphatic imine (C=N–C) groups is 1. The lowest BCUT2D eigenvalue weighted by Gasteiger charge is -2.26. The zero-order valence-electron chi connectivity index (χ0n) is 16.2. The lowest BCUT2D eigenvalue weighted by Crippen LogP contribution is -2.43. The molecule has 0 aromatic rings. The second-order valence-corrected chi connectivity index (χ2v) is 8.31. The maximum absolute atomic E-state index is 4.40. The van der Waals surface area contributed by atoms with Crippen LogP contribution in [0.15, 0.2) is 4.99 Å².